The largest absolute Gasteiger partial charge is 0.306 e. The van der Waals surface area contributed by atoms with Crippen molar-refractivity contribution in [3.05, 3.63) is 22.5 Å². The zero-order valence-corrected chi connectivity index (χ0v) is 9.08. The minimum absolute atomic E-state index is 0.100. The second-order valence-corrected chi connectivity index (χ2v) is 5.11. The van der Waals surface area contributed by atoms with E-state index in [2.05, 4.69) is 5.10 Å². The standard InChI is InChI=1S/C11H15N3O2/c15-14(16)11-5-12-13(7-11)6-10-4-8-1-2-9(10)3-8/h5,7-10H,1-4,6H2. The highest BCUT2D eigenvalue weighted by Crippen LogP contribution is 2.48. The van der Waals surface area contributed by atoms with E-state index in [1.165, 1.54) is 31.9 Å². The summed E-state index contributed by atoms with van der Waals surface area (Å²) in [5.74, 6) is 2.45. The molecule has 0 aromatic carbocycles. The van der Waals surface area contributed by atoms with E-state index in [4.69, 9.17) is 0 Å². The van der Waals surface area contributed by atoms with E-state index in [0.29, 0.717) is 5.92 Å². The highest BCUT2D eigenvalue weighted by atomic mass is 16.6. The van der Waals surface area contributed by atoms with Gasteiger partial charge < -0.3 is 0 Å². The molecule has 2 bridgehead atoms. The minimum Gasteiger partial charge on any atom is -0.265 e. The average Bonchev–Trinajstić information content (AvgIpc) is 2.91. The number of hydrogen-bond donors (Lipinski definition) is 0. The number of fused-ring (bicyclic) bond motifs is 2. The lowest BCUT2D eigenvalue weighted by Crippen LogP contribution is -2.17. The molecule has 0 N–H and O–H groups in total. The van der Waals surface area contributed by atoms with Gasteiger partial charge in [-0.05, 0) is 37.0 Å². The predicted molar refractivity (Wildman–Crippen MR) is 57.8 cm³/mol. The molecule has 1 heterocycles. The molecule has 1 aromatic heterocycles. The highest BCUT2D eigenvalue weighted by Gasteiger charge is 2.39. The van der Waals surface area contributed by atoms with Crippen LogP contribution in [0.3, 0.4) is 0 Å². The van der Waals surface area contributed by atoms with Gasteiger partial charge in [0, 0.05) is 6.54 Å². The Hall–Kier alpha value is -1.39. The highest BCUT2D eigenvalue weighted by molar-refractivity contribution is 5.20. The first-order valence-electron chi connectivity index (χ1n) is 5.89. The fourth-order valence-corrected chi connectivity index (χ4v) is 3.39. The zero-order valence-electron chi connectivity index (χ0n) is 9.08. The van der Waals surface area contributed by atoms with Gasteiger partial charge in [-0.15, -0.1) is 0 Å². The third-order valence-corrected chi connectivity index (χ3v) is 4.14. The molecule has 2 saturated carbocycles. The van der Waals surface area contributed by atoms with Gasteiger partial charge in [-0.1, -0.05) is 6.42 Å². The molecule has 3 atom stereocenters. The van der Waals surface area contributed by atoms with Crippen LogP contribution in [0, 0.1) is 27.9 Å². The van der Waals surface area contributed by atoms with Gasteiger partial charge in [-0.3, -0.25) is 14.8 Å². The van der Waals surface area contributed by atoms with Crippen LogP contribution in [0.4, 0.5) is 5.69 Å². The van der Waals surface area contributed by atoms with Crippen molar-refractivity contribution in [3.8, 4) is 0 Å². The molecule has 0 aliphatic heterocycles. The molecular weight excluding hydrogens is 206 g/mol. The van der Waals surface area contributed by atoms with E-state index < -0.39 is 0 Å². The van der Waals surface area contributed by atoms with E-state index in [9.17, 15) is 10.1 Å². The lowest BCUT2D eigenvalue weighted by Gasteiger charge is -2.21. The van der Waals surface area contributed by atoms with Gasteiger partial charge in [0.2, 0.25) is 0 Å². The van der Waals surface area contributed by atoms with Gasteiger partial charge in [0.1, 0.15) is 12.4 Å². The lowest BCUT2D eigenvalue weighted by atomic mass is 9.89. The SMILES string of the molecule is O=[N+]([O-])c1cnn(CC2CC3CCC2C3)c1. The molecule has 3 rings (SSSR count). The summed E-state index contributed by atoms with van der Waals surface area (Å²) in [5.41, 5.74) is 0.100. The molecule has 3 unspecified atom stereocenters. The first-order valence-corrected chi connectivity index (χ1v) is 5.89. The van der Waals surface area contributed by atoms with Crippen molar-refractivity contribution < 1.29 is 4.92 Å². The lowest BCUT2D eigenvalue weighted by molar-refractivity contribution is -0.385. The van der Waals surface area contributed by atoms with Crippen molar-refractivity contribution in [1.29, 1.82) is 0 Å². The Morgan fingerprint density at radius 2 is 2.38 bits per heavy atom. The summed E-state index contributed by atoms with van der Waals surface area (Å²) in [6.07, 6.45) is 8.28. The normalized spacial score (nSPS) is 32.1. The second kappa shape index (κ2) is 3.57. The van der Waals surface area contributed by atoms with Crippen LogP contribution in [0.25, 0.3) is 0 Å². The number of rotatable bonds is 3. The van der Waals surface area contributed by atoms with Crippen LogP contribution in [-0.2, 0) is 6.54 Å². The molecule has 2 fully saturated rings. The molecule has 2 aliphatic carbocycles. The Kier molecular flexibility index (Phi) is 2.19. The van der Waals surface area contributed by atoms with Crippen LogP contribution in [0.1, 0.15) is 25.7 Å². The van der Waals surface area contributed by atoms with E-state index in [1.807, 2.05) is 0 Å². The molecule has 0 radical (unpaired) electrons. The third kappa shape index (κ3) is 1.60. The average molecular weight is 221 g/mol. The molecule has 0 saturated heterocycles. The summed E-state index contributed by atoms with van der Waals surface area (Å²) in [7, 11) is 0. The Morgan fingerprint density at radius 1 is 1.50 bits per heavy atom. The van der Waals surface area contributed by atoms with Crippen molar-refractivity contribution in [2.24, 2.45) is 17.8 Å². The summed E-state index contributed by atoms with van der Waals surface area (Å²) in [6, 6.07) is 0. The Labute approximate surface area is 93.6 Å². The van der Waals surface area contributed by atoms with Crippen LogP contribution < -0.4 is 0 Å². The number of aromatic nitrogens is 2. The fourth-order valence-electron chi connectivity index (χ4n) is 3.39. The predicted octanol–water partition coefficient (Wildman–Crippen LogP) is 2.23. The van der Waals surface area contributed by atoms with Gasteiger partial charge in [0.05, 0.1) is 4.92 Å². The van der Waals surface area contributed by atoms with E-state index in [1.54, 1.807) is 10.9 Å². The maximum atomic E-state index is 10.5. The minimum atomic E-state index is -0.385. The Bertz CT molecular complexity index is 415. The molecule has 2 aliphatic rings. The van der Waals surface area contributed by atoms with E-state index >= 15 is 0 Å². The Morgan fingerprint density at radius 3 is 2.94 bits per heavy atom. The molecule has 5 heteroatoms. The van der Waals surface area contributed by atoms with Crippen molar-refractivity contribution >= 4 is 5.69 Å². The Balaban J connectivity index is 1.68. The summed E-state index contributed by atoms with van der Waals surface area (Å²) in [4.78, 5) is 10.1. The van der Waals surface area contributed by atoms with Gasteiger partial charge in [-0.2, -0.15) is 5.10 Å². The quantitative estimate of drug-likeness (QED) is 0.580. The van der Waals surface area contributed by atoms with Crippen LogP contribution in [0.15, 0.2) is 12.4 Å². The first-order chi connectivity index (χ1) is 7.72. The van der Waals surface area contributed by atoms with Crippen molar-refractivity contribution in [2.75, 3.05) is 0 Å². The monoisotopic (exact) mass is 221 g/mol. The van der Waals surface area contributed by atoms with Crippen LogP contribution in [-0.4, -0.2) is 14.7 Å². The molecule has 16 heavy (non-hydrogen) atoms. The van der Waals surface area contributed by atoms with Gasteiger partial charge in [0.25, 0.3) is 0 Å². The third-order valence-electron chi connectivity index (χ3n) is 4.14. The second-order valence-electron chi connectivity index (χ2n) is 5.11. The molecule has 5 nitrogen and oxygen atoms in total. The van der Waals surface area contributed by atoms with Crippen LogP contribution in [0.5, 0.6) is 0 Å². The summed E-state index contributed by atoms with van der Waals surface area (Å²) >= 11 is 0. The molecular formula is C11H15N3O2. The topological polar surface area (TPSA) is 61.0 Å². The van der Waals surface area contributed by atoms with Gasteiger partial charge >= 0.3 is 5.69 Å². The number of hydrogen-bond acceptors (Lipinski definition) is 3. The van der Waals surface area contributed by atoms with E-state index in [-0.39, 0.29) is 10.6 Å². The molecule has 1 aromatic rings. The molecule has 0 spiro atoms. The molecule has 0 amide bonds. The van der Waals surface area contributed by atoms with Crippen LogP contribution in [0.2, 0.25) is 0 Å². The molecule has 86 valence electrons. The van der Waals surface area contributed by atoms with Crippen molar-refractivity contribution in [1.82, 2.24) is 9.78 Å². The van der Waals surface area contributed by atoms with Crippen molar-refractivity contribution in [2.45, 2.75) is 32.2 Å². The summed E-state index contributed by atoms with van der Waals surface area (Å²) in [6.45, 7) is 0.856. The van der Waals surface area contributed by atoms with Crippen LogP contribution >= 0.6 is 0 Å². The van der Waals surface area contributed by atoms with Gasteiger partial charge in [0.15, 0.2) is 0 Å². The zero-order chi connectivity index (χ0) is 11.1. The smallest absolute Gasteiger partial charge is 0.265 e. The maximum Gasteiger partial charge on any atom is 0.306 e. The maximum absolute atomic E-state index is 10.5. The number of nitrogens with zero attached hydrogens (tertiary/aromatic N) is 3. The summed E-state index contributed by atoms with van der Waals surface area (Å²) < 4.78 is 1.74. The van der Waals surface area contributed by atoms with E-state index in [0.717, 1.165) is 18.4 Å². The first kappa shape index (κ1) is 9.81. The number of nitro groups is 1. The summed E-state index contributed by atoms with van der Waals surface area (Å²) in [5, 5.41) is 14.6. The fraction of sp³-hybridized carbons (Fsp3) is 0.727. The van der Waals surface area contributed by atoms with Crippen molar-refractivity contribution in [3.63, 3.8) is 0 Å². The van der Waals surface area contributed by atoms with Gasteiger partial charge in [-0.25, -0.2) is 0 Å².